The Morgan fingerprint density at radius 3 is 2.52 bits per heavy atom. The number of benzene rings is 2. The van der Waals surface area contributed by atoms with Crippen LogP contribution in [-0.4, -0.2) is 11.6 Å². The van der Waals surface area contributed by atoms with Crippen LogP contribution in [0.5, 0.6) is 5.75 Å². The molecule has 0 aliphatic heterocycles. The van der Waals surface area contributed by atoms with Gasteiger partial charge in [-0.25, -0.2) is 0 Å². The molecule has 3 N–H and O–H groups in total. The SMILES string of the molecule is CCCOc1ccc(Nc2ccc(C(N)=S)cc2Br)cc1. The van der Waals surface area contributed by atoms with Gasteiger partial charge in [-0.2, -0.15) is 0 Å². The fraction of sp³-hybridized carbons (Fsp3) is 0.188. The summed E-state index contributed by atoms with van der Waals surface area (Å²) in [4.78, 5) is 0.389. The van der Waals surface area contributed by atoms with Gasteiger partial charge in [0, 0.05) is 15.7 Å². The summed E-state index contributed by atoms with van der Waals surface area (Å²) in [5.74, 6) is 0.880. The number of nitrogens with one attached hydrogen (secondary N) is 1. The minimum atomic E-state index is 0.389. The maximum Gasteiger partial charge on any atom is 0.119 e. The van der Waals surface area contributed by atoms with E-state index in [0.29, 0.717) is 4.99 Å². The van der Waals surface area contributed by atoms with E-state index in [-0.39, 0.29) is 0 Å². The lowest BCUT2D eigenvalue weighted by Crippen LogP contribution is -2.09. The molecule has 2 rings (SSSR count). The molecule has 0 heterocycles. The van der Waals surface area contributed by atoms with E-state index in [1.165, 1.54) is 0 Å². The van der Waals surface area contributed by atoms with Crippen LogP contribution in [0.15, 0.2) is 46.9 Å². The summed E-state index contributed by atoms with van der Waals surface area (Å²) in [6.07, 6.45) is 1.00. The van der Waals surface area contributed by atoms with Crippen molar-refractivity contribution in [1.29, 1.82) is 0 Å². The summed E-state index contributed by atoms with van der Waals surface area (Å²) in [6, 6.07) is 13.6. The summed E-state index contributed by atoms with van der Waals surface area (Å²) >= 11 is 8.49. The van der Waals surface area contributed by atoms with Gasteiger partial charge in [-0.05, 0) is 64.8 Å². The standard InChI is InChI=1S/C16H17BrN2OS/c1-2-9-20-13-6-4-12(5-7-13)19-15-8-3-11(16(18)21)10-14(15)17/h3-8,10,19H,2,9H2,1H3,(H2,18,21). The first kappa shape index (κ1) is 15.8. The molecule has 110 valence electrons. The van der Waals surface area contributed by atoms with Gasteiger partial charge in [-0.3, -0.25) is 0 Å². The molecule has 0 aliphatic rings. The van der Waals surface area contributed by atoms with E-state index in [0.717, 1.165) is 40.2 Å². The maximum atomic E-state index is 5.62. The van der Waals surface area contributed by atoms with E-state index in [1.807, 2.05) is 42.5 Å². The third-order valence-corrected chi connectivity index (χ3v) is 3.75. The molecular weight excluding hydrogens is 348 g/mol. The highest BCUT2D eigenvalue weighted by atomic mass is 79.9. The van der Waals surface area contributed by atoms with Gasteiger partial charge in [-0.15, -0.1) is 0 Å². The molecule has 0 saturated carbocycles. The molecule has 2 aromatic carbocycles. The molecule has 21 heavy (non-hydrogen) atoms. The van der Waals surface area contributed by atoms with Crippen molar-refractivity contribution in [1.82, 2.24) is 0 Å². The van der Waals surface area contributed by atoms with Crippen LogP contribution in [0.25, 0.3) is 0 Å². The lowest BCUT2D eigenvalue weighted by molar-refractivity contribution is 0.317. The number of anilines is 2. The number of rotatable bonds is 6. The highest BCUT2D eigenvalue weighted by Crippen LogP contribution is 2.27. The van der Waals surface area contributed by atoms with Crippen molar-refractivity contribution in [3.63, 3.8) is 0 Å². The van der Waals surface area contributed by atoms with E-state index in [1.54, 1.807) is 0 Å². The van der Waals surface area contributed by atoms with Gasteiger partial charge in [0.15, 0.2) is 0 Å². The van der Waals surface area contributed by atoms with Crippen molar-refractivity contribution in [2.75, 3.05) is 11.9 Å². The van der Waals surface area contributed by atoms with Crippen LogP contribution in [0.1, 0.15) is 18.9 Å². The molecular formula is C16H17BrN2OS. The van der Waals surface area contributed by atoms with Crippen LogP contribution in [0.2, 0.25) is 0 Å². The largest absolute Gasteiger partial charge is 0.494 e. The van der Waals surface area contributed by atoms with Crippen molar-refractivity contribution in [3.8, 4) is 5.75 Å². The lowest BCUT2D eigenvalue weighted by atomic mass is 10.2. The fourth-order valence-electron chi connectivity index (χ4n) is 1.78. The van der Waals surface area contributed by atoms with E-state index < -0.39 is 0 Å². The molecule has 3 nitrogen and oxygen atoms in total. The van der Waals surface area contributed by atoms with E-state index >= 15 is 0 Å². The predicted octanol–water partition coefficient (Wildman–Crippen LogP) is 4.62. The Labute approximate surface area is 138 Å². The molecule has 0 bridgehead atoms. The Kier molecular flexibility index (Phi) is 5.59. The molecule has 0 atom stereocenters. The van der Waals surface area contributed by atoms with Gasteiger partial charge in [0.1, 0.15) is 10.7 Å². The highest BCUT2D eigenvalue weighted by molar-refractivity contribution is 9.10. The van der Waals surface area contributed by atoms with Crippen LogP contribution in [0.4, 0.5) is 11.4 Å². The third-order valence-electron chi connectivity index (χ3n) is 2.86. The van der Waals surface area contributed by atoms with Gasteiger partial charge >= 0.3 is 0 Å². The van der Waals surface area contributed by atoms with Gasteiger partial charge in [-0.1, -0.05) is 19.1 Å². The van der Waals surface area contributed by atoms with Crippen molar-refractivity contribution >= 4 is 44.5 Å². The molecule has 0 radical (unpaired) electrons. The average molecular weight is 365 g/mol. The number of halogens is 1. The second-order valence-corrected chi connectivity index (χ2v) is 5.85. The van der Waals surface area contributed by atoms with Gasteiger partial charge in [0.25, 0.3) is 0 Å². The fourth-order valence-corrected chi connectivity index (χ4v) is 2.38. The Balaban J connectivity index is 2.09. The molecule has 0 amide bonds. The van der Waals surface area contributed by atoms with Crippen molar-refractivity contribution in [2.24, 2.45) is 5.73 Å². The second kappa shape index (κ2) is 7.43. The molecule has 2 aromatic rings. The maximum absolute atomic E-state index is 5.62. The van der Waals surface area contributed by atoms with E-state index in [4.69, 9.17) is 22.7 Å². The minimum absolute atomic E-state index is 0.389. The zero-order valence-electron chi connectivity index (χ0n) is 11.7. The summed E-state index contributed by atoms with van der Waals surface area (Å²) in [5, 5.41) is 3.34. The first-order valence-corrected chi connectivity index (χ1v) is 7.89. The Morgan fingerprint density at radius 2 is 1.95 bits per heavy atom. The number of thiocarbonyl (C=S) groups is 1. The second-order valence-electron chi connectivity index (χ2n) is 4.56. The molecule has 0 fully saturated rings. The summed E-state index contributed by atoms with van der Waals surface area (Å²) in [7, 11) is 0. The molecule has 0 saturated heterocycles. The minimum Gasteiger partial charge on any atom is -0.494 e. The lowest BCUT2D eigenvalue weighted by Gasteiger charge is -2.11. The van der Waals surface area contributed by atoms with Gasteiger partial charge in [0.05, 0.1) is 12.3 Å². The molecule has 0 aliphatic carbocycles. The monoisotopic (exact) mass is 364 g/mol. The third kappa shape index (κ3) is 4.44. The Bertz CT molecular complexity index is 629. The number of ether oxygens (including phenoxy) is 1. The summed E-state index contributed by atoms with van der Waals surface area (Å²) < 4.78 is 6.48. The highest BCUT2D eigenvalue weighted by Gasteiger charge is 2.04. The van der Waals surface area contributed by atoms with Crippen LogP contribution >= 0.6 is 28.1 Å². The zero-order valence-corrected chi connectivity index (χ0v) is 14.1. The number of nitrogens with two attached hydrogens (primary N) is 1. The smallest absolute Gasteiger partial charge is 0.119 e. The molecule has 0 spiro atoms. The predicted molar refractivity (Wildman–Crippen MR) is 95.5 cm³/mol. The topological polar surface area (TPSA) is 47.3 Å². The summed E-state index contributed by atoms with van der Waals surface area (Å²) in [6.45, 7) is 2.82. The van der Waals surface area contributed by atoms with Crippen LogP contribution in [0, 0.1) is 0 Å². The molecule has 0 aromatic heterocycles. The van der Waals surface area contributed by atoms with Crippen molar-refractivity contribution < 1.29 is 4.74 Å². The Hall–Kier alpha value is -1.59. The van der Waals surface area contributed by atoms with Crippen LogP contribution < -0.4 is 15.8 Å². The molecule has 0 unspecified atom stereocenters. The average Bonchev–Trinajstić information content (AvgIpc) is 2.48. The quantitative estimate of drug-likeness (QED) is 0.734. The van der Waals surface area contributed by atoms with Crippen molar-refractivity contribution in [2.45, 2.75) is 13.3 Å². The molecule has 5 heteroatoms. The first-order valence-electron chi connectivity index (χ1n) is 6.69. The Morgan fingerprint density at radius 1 is 1.24 bits per heavy atom. The van der Waals surface area contributed by atoms with Crippen molar-refractivity contribution in [3.05, 3.63) is 52.5 Å². The van der Waals surface area contributed by atoms with Crippen LogP contribution in [-0.2, 0) is 0 Å². The number of hydrogen-bond acceptors (Lipinski definition) is 3. The zero-order chi connectivity index (χ0) is 15.2. The summed E-state index contributed by atoms with van der Waals surface area (Å²) in [5.41, 5.74) is 8.40. The van der Waals surface area contributed by atoms with Gasteiger partial charge in [0.2, 0.25) is 0 Å². The van der Waals surface area contributed by atoms with Crippen LogP contribution in [0.3, 0.4) is 0 Å². The number of hydrogen-bond donors (Lipinski definition) is 2. The first-order chi connectivity index (χ1) is 10.1. The van der Waals surface area contributed by atoms with E-state index in [9.17, 15) is 0 Å². The van der Waals surface area contributed by atoms with Gasteiger partial charge < -0.3 is 15.8 Å². The van der Waals surface area contributed by atoms with E-state index in [2.05, 4.69) is 28.2 Å². The normalized spacial score (nSPS) is 10.2.